The molecule has 28 heavy (non-hydrogen) atoms. The van der Waals surface area contributed by atoms with Crippen LogP contribution >= 0.6 is 0 Å². The second kappa shape index (κ2) is 11.5. The number of hydrogen-bond donors (Lipinski definition) is 0. The third kappa shape index (κ3) is 6.08. The van der Waals surface area contributed by atoms with E-state index < -0.39 is 11.9 Å². The van der Waals surface area contributed by atoms with Gasteiger partial charge in [-0.25, -0.2) is 9.59 Å². The predicted molar refractivity (Wildman–Crippen MR) is 106 cm³/mol. The second-order valence-electron chi connectivity index (χ2n) is 6.97. The van der Waals surface area contributed by atoms with Gasteiger partial charge in [-0.3, -0.25) is 4.79 Å². The van der Waals surface area contributed by atoms with Gasteiger partial charge in [0.25, 0.3) is 0 Å². The molecule has 6 heteroatoms. The van der Waals surface area contributed by atoms with Crippen LogP contribution in [0.25, 0.3) is 0 Å². The molecule has 0 aromatic heterocycles. The molecule has 2 aliphatic rings. The molecule has 1 saturated heterocycles. The van der Waals surface area contributed by atoms with E-state index in [1.54, 1.807) is 38.1 Å². The molecular formula is C22H31NO5. The topological polar surface area (TPSA) is 72.9 Å². The fourth-order valence-corrected chi connectivity index (χ4v) is 3.70. The Morgan fingerprint density at radius 1 is 0.929 bits per heavy atom. The first kappa shape index (κ1) is 21.9. The molecule has 0 radical (unpaired) electrons. The molecule has 1 saturated carbocycles. The van der Waals surface area contributed by atoms with Gasteiger partial charge in [0.15, 0.2) is 0 Å². The van der Waals surface area contributed by atoms with Crippen molar-refractivity contribution in [3.63, 3.8) is 0 Å². The minimum Gasteiger partial charge on any atom is -0.462 e. The quantitative estimate of drug-likeness (QED) is 0.712. The van der Waals surface area contributed by atoms with E-state index in [0.717, 1.165) is 19.4 Å². The van der Waals surface area contributed by atoms with Crippen LogP contribution in [-0.2, 0) is 14.3 Å². The monoisotopic (exact) mass is 389 g/mol. The minimum absolute atomic E-state index is 0.239. The molecule has 1 aliphatic heterocycles. The predicted octanol–water partition coefficient (Wildman–Crippen LogP) is 3.98. The zero-order valence-electron chi connectivity index (χ0n) is 16.9. The van der Waals surface area contributed by atoms with Crippen LogP contribution in [0, 0.1) is 0 Å². The lowest BCUT2D eigenvalue weighted by molar-refractivity contribution is -0.130. The van der Waals surface area contributed by atoms with Gasteiger partial charge in [-0.15, -0.1) is 0 Å². The number of esters is 2. The number of ether oxygens (including phenoxy) is 2. The molecule has 1 amide bonds. The van der Waals surface area contributed by atoms with Gasteiger partial charge in [0.05, 0.1) is 24.3 Å². The molecule has 1 aromatic rings. The van der Waals surface area contributed by atoms with E-state index in [2.05, 4.69) is 4.90 Å². The SMILES string of the molecule is CCOC(=O)c1ccccc1C(=O)OCC.O=C1CCCN1C1CCCCC1. The smallest absolute Gasteiger partial charge is 0.338 e. The average molecular weight is 389 g/mol. The molecule has 0 atom stereocenters. The van der Waals surface area contributed by atoms with Crippen molar-refractivity contribution in [1.29, 1.82) is 0 Å². The standard InChI is InChI=1S/C12H14O4.C10H17NO/c1-3-15-11(13)9-7-5-6-8-10(9)12(14)16-4-2;12-10-7-4-8-11(10)9-5-2-1-3-6-9/h5-8H,3-4H2,1-2H3;9H,1-8H2. The van der Waals surface area contributed by atoms with Crippen LogP contribution in [-0.4, -0.2) is 48.5 Å². The van der Waals surface area contributed by atoms with Crippen molar-refractivity contribution in [2.24, 2.45) is 0 Å². The van der Waals surface area contributed by atoms with Crippen LogP contribution < -0.4 is 0 Å². The van der Waals surface area contributed by atoms with Crippen molar-refractivity contribution in [2.45, 2.75) is 64.8 Å². The number of likely N-dealkylation sites (tertiary alicyclic amines) is 1. The molecule has 0 bridgehead atoms. The van der Waals surface area contributed by atoms with Crippen LogP contribution in [0.4, 0.5) is 0 Å². The summed E-state index contributed by atoms with van der Waals surface area (Å²) in [5.41, 5.74) is 0.477. The number of nitrogens with zero attached hydrogens (tertiary/aromatic N) is 1. The number of rotatable bonds is 5. The highest BCUT2D eigenvalue weighted by Gasteiger charge is 2.28. The average Bonchev–Trinajstić information content (AvgIpc) is 3.15. The zero-order valence-corrected chi connectivity index (χ0v) is 16.9. The van der Waals surface area contributed by atoms with E-state index in [1.807, 2.05) is 0 Å². The van der Waals surface area contributed by atoms with Crippen molar-refractivity contribution >= 4 is 17.8 Å². The van der Waals surface area contributed by atoms with Crippen molar-refractivity contribution in [3.05, 3.63) is 35.4 Å². The Morgan fingerprint density at radius 2 is 1.46 bits per heavy atom. The Morgan fingerprint density at radius 3 is 1.89 bits per heavy atom. The van der Waals surface area contributed by atoms with Gasteiger partial charge in [0, 0.05) is 19.0 Å². The molecule has 0 spiro atoms. The fraction of sp³-hybridized carbons (Fsp3) is 0.591. The van der Waals surface area contributed by atoms with Crippen LogP contribution in [0.3, 0.4) is 0 Å². The Kier molecular flexibility index (Phi) is 8.98. The van der Waals surface area contributed by atoms with Crippen LogP contribution in [0.2, 0.25) is 0 Å². The Bertz CT molecular complexity index is 630. The summed E-state index contributed by atoms with van der Waals surface area (Å²) in [6.07, 6.45) is 8.44. The van der Waals surface area contributed by atoms with E-state index in [-0.39, 0.29) is 24.3 Å². The van der Waals surface area contributed by atoms with Gasteiger partial charge in [-0.1, -0.05) is 31.4 Å². The largest absolute Gasteiger partial charge is 0.462 e. The minimum atomic E-state index is -0.508. The summed E-state index contributed by atoms with van der Waals surface area (Å²) in [6, 6.07) is 7.05. The van der Waals surface area contributed by atoms with Crippen LogP contribution in [0.15, 0.2) is 24.3 Å². The van der Waals surface area contributed by atoms with Crippen molar-refractivity contribution < 1.29 is 23.9 Å². The van der Waals surface area contributed by atoms with Crippen molar-refractivity contribution in [3.8, 4) is 0 Å². The molecule has 0 N–H and O–H groups in total. The highest BCUT2D eigenvalue weighted by molar-refractivity contribution is 6.03. The first-order valence-corrected chi connectivity index (χ1v) is 10.3. The molecule has 3 rings (SSSR count). The summed E-state index contributed by atoms with van der Waals surface area (Å²) in [7, 11) is 0. The first-order valence-electron chi connectivity index (χ1n) is 10.3. The van der Waals surface area contributed by atoms with Gasteiger partial charge < -0.3 is 14.4 Å². The van der Waals surface area contributed by atoms with Gasteiger partial charge >= 0.3 is 11.9 Å². The molecule has 2 fully saturated rings. The third-order valence-corrected chi connectivity index (χ3v) is 5.04. The lowest BCUT2D eigenvalue weighted by atomic mass is 9.94. The number of carbonyl (C=O) groups is 3. The van der Waals surface area contributed by atoms with Crippen LogP contribution in [0.1, 0.15) is 79.5 Å². The first-order chi connectivity index (χ1) is 13.6. The van der Waals surface area contributed by atoms with Crippen LogP contribution in [0.5, 0.6) is 0 Å². The fourth-order valence-electron chi connectivity index (χ4n) is 3.70. The Hall–Kier alpha value is -2.37. The van der Waals surface area contributed by atoms with E-state index in [9.17, 15) is 14.4 Å². The van der Waals surface area contributed by atoms with Gasteiger partial charge in [-0.2, -0.15) is 0 Å². The maximum Gasteiger partial charge on any atom is 0.338 e. The van der Waals surface area contributed by atoms with Crippen molar-refractivity contribution in [1.82, 2.24) is 4.90 Å². The molecule has 154 valence electrons. The summed E-state index contributed by atoms with van der Waals surface area (Å²) in [4.78, 5) is 36.6. The lowest BCUT2D eigenvalue weighted by Crippen LogP contribution is -2.37. The van der Waals surface area contributed by atoms with E-state index >= 15 is 0 Å². The Balaban J connectivity index is 0.000000207. The number of hydrogen-bond acceptors (Lipinski definition) is 5. The van der Waals surface area contributed by atoms with E-state index in [1.165, 1.54) is 32.1 Å². The number of benzene rings is 1. The lowest BCUT2D eigenvalue weighted by Gasteiger charge is -2.30. The molecule has 1 heterocycles. The van der Waals surface area contributed by atoms with E-state index in [4.69, 9.17) is 9.47 Å². The molecule has 6 nitrogen and oxygen atoms in total. The highest BCUT2D eigenvalue weighted by Crippen LogP contribution is 2.25. The maximum absolute atomic E-state index is 11.5. The summed E-state index contributed by atoms with van der Waals surface area (Å²) >= 11 is 0. The normalized spacial score (nSPS) is 16.9. The molecule has 1 aromatic carbocycles. The maximum atomic E-state index is 11.5. The number of carbonyl (C=O) groups excluding carboxylic acids is 3. The summed E-state index contributed by atoms with van der Waals surface area (Å²) < 4.78 is 9.70. The Labute approximate surface area is 167 Å². The second-order valence-corrected chi connectivity index (χ2v) is 6.97. The number of amides is 1. The van der Waals surface area contributed by atoms with Gasteiger partial charge in [0.2, 0.25) is 5.91 Å². The molecule has 1 aliphatic carbocycles. The van der Waals surface area contributed by atoms with Gasteiger partial charge in [0.1, 0.15) is 0 Å². The molecule has 0 unspecified atom stereocenters. The van der Waals surface area contributed by atoms with Crippen molar-refractivity contribution in [2.75, 3.05) is 19.8 Å². The summed E-state index contributed by atoms with van der Waals surface area (Å²) in [6.45, 7) is 5.01. The third-order valence-electron chi connectivity index (χ3n) is 5.04. The summed E-state index contributed by atoms with van der Waals surface area (Å²) in [5, 5.41) is 0. The molecular weight excluding hydrogens is 358 g/mol. The van der Waals surface area contributed by atoms with E-state index in [0.29, 0.717) is 11.9 Å². The van der Waals surface area contributed by atoms with Gasteiger partial charge in [-0.05, 0) is 45.2 Å². The highest BCUT2D eigenvalue weighted by atomic mass is 16.5. The zero-order chi connectivity index (χ0) is 20.4. The summed E-state index contributed by atoms with van der Waals surface area (Å²) in [5.74, 6) is -0.612.